The first-order valence-corrected chi connectivity index (χ1v) is 15.1. The molecular formula is C40H25N5O2PdPt. The summed E-state index contributed by atoms with van der Waals surface area (Å²) in [5.41, 5.74) is 6.70. The SMILES string of the molecule is Cc1cnc(-n2c3[c-]c(Oc4[c-]c(-c5ccccn5)ccc4)ccc3c3ccc(Oc4[c-]c(-c5ccccn5)ccc4)[c-]c32)nc1C.[Pd+2].[Pt+2]. The second kappa shape index (κ2) is 14.6. The second-order valence-corrected chi connectivity index (χ2v) is 10.9. The summed E-state index contributed by atoms with van der Waals surface area (Å²) in [6.07, 6.45) is 5.35. The van der Waals surface area contributed by atoms with Crippen molar-refractivity contribution in [2.75, 3.05) is 0 Å². The molecule has 0 radical (unpaired) electrons. The smallest absolute Gasteiger partial charge is 0.503 e. The average molecular weight is 909 g/mol. The van der Waals surface area contributed by atoms with Crippen LogP contribution >= 0.6 is 0 Å². The molecule has 242 valence electrons. The fraction of sp³-hybridized carbons (Fsp3) is 0.0500. The molecule has 0 unspecified atom stereocenters. The molecule has 0 aliphatic heterocycles. The molecule has 0 aliphatic rings. The number of fused-ring (bicyclic) bond motifs is 3. The zero-order valence-electron chi connectivity index (χ0n) is 26.2. The molecule has 4 aromatic heterocycles. The molecule has 0 spiro atoms. The average Bonchev–Trinajstić information content (AvgIpc) is 3.43. The molecular weight excluding hydrogens is 884 g/mol. The summed E-state index contributed by atoms with van der Waals surface area (Å²) >= 11 is 0. The molecule has 0 saturated heterocycles. The first-order valence-electron chi connectivity index (χ1n) is 15.1. The number of benzene rings is 4. The summed E-state index contributed by atoms with van der Waals surface area (Å²) in [5, 5.41) is 1.90. The third-order valence-corrected chi connectivity index (χ3v) is 7.80. The minimum atomic E-state index is 0. The predicted molar refractivity (Wildman–Crippen MR) is 181 cm³/mol. The van der Waals surface area contributed by atoms with E-state index < -0.39 is 0 Å². The summed E-state index contributed by atoms with van der Waals surface area (Å²) in [6.45, 7) is 3.96. The Kier molecular flexibility index (Phi) is 10.1. The molecule has 7 nitrogen and oxygen atoms in total. The Bertz CT molecular complexity index is 2260. The van der Waals surface area contributed by atoms with Crippen LogP contribution in [0.5, 0.6) is 23.0 Å². The fourth-order valence-corrected chi connectivity index (χ4v) is 5.36. The molecule has 0 amide bonds. The van der Waals surface area contributed by atoms with Gasteiger partial charge in [-0.3, -0.25) is 0 Å². The van der Waals surface area contributed by atoms with Crippen LogP contribution in [0, 0.1) is 38.1 Å². The Labute approximate surface area is 312 Å². The zero-order valence-corrected chi connectivity index (χ0v) is 30.0. The molecule has 0 aliphatic carbocycles. The Hall–Kier alpha value is -4.99. The summed E-state index contributed by atoms with van der Waals surface area (Å²) in [7, 11) is 0. The van der Waals surface area contributed by atoms with Gasteiger partial charge in [0.1, 0.15) is 0 Å². The van der Waals surface area contributed by atoms with Gasteiger partial charge in [-0.2, -0.15) is 22.9 Å². The van der Waals surface area contributed by atoms with Crippen LogP contribution in [0.25, 0.3) is 50.3 Å². The van der Waals surface area contributed by atoms with Crippen molar-refractivity contribution in [1.82, 2.24) is 24.5 Å². The van der Waals surface area contributed by atoms with E-state index >= 15 is 0 Å². The maximum atomic E-state index is 6.29. The molecule has 0 atom stereocenters. The van der Waals surface area contributed by atoms with Crippen molar-refractivity contribution in [2.24, 2.45) is 0 Å². The number of pyridine rings is 2. The number of aryl methyl sites for hydroxylation is 2. The van der Waals surface area contributed by atoms with E-state index in [0.717, 1.165) is 55.6 Å². The molecule has 0 bridgehead atoms. The van der Waals surface area contributed by atoms with Gasteiger partial charge in [0.05, 0.1) is 0 Å². The largest absolute Gasteiger partial charge is 2.00 e. The van der Waals surface area contributed by atoms with Crippen molar-refractivity contribution < 1.29 is 51.0 Å². The van der Waals surface area contributed by atoms with E-state index in [1.54, 1.807) is 12.4 Å². The van der Waals surface area contributed by atoms with Crippen molar-refractivity contribution in [3.05, 3.63) is 151 Å². The Morgan fingerprint density at radius 2 is 1.06 bits per heavy atom. The maximum absolute atomic E-state index is 6.29. The van der Waals surface area contributed by atoms with Crippen LogP contribution in [0.3, 0.4) is 0 Å². The third-order valence-electron chi connectivity index (χ3n) is 7.80. The zero-order chi connectivity index (χ0) is 31.7. The summed E-state index contributed by atoms with van der Waals surface area (Å²) in [6, 6.07) is 44.5. The predicted octanol–water partition coefficient (Wildman–Crippen LogP) is 9.09. The van der Waals surface area contributed by atoms with Crippen molar-refractivity contribution >= 4 is 21.8 Å². The standard InChI is InChI=1S/C40H25N5O2.Pd.Pt/c1-26-25-43-40(44-27(26)2)45-38-23-32(46-30-11-7-9-28(21-30)36-13-3-5-19-41-36)15-17-34(38)35-18-16-33(24-39(35)45)47-31-12-8-10-29(22-31)37-14-4-6-20-42-37;;/h3-20,25H,1-2H3;;/q-4;2*+2. The van der Waals surface area contributed by atoms with Crippen molar-refractivity contribution in [2.45, 2.75) is 13.8 Å². The third kappa shape index (κ3) is 6.95. The first kappa shape index (κ1) is 33.9. The van der Waals surface area contributed by atoms with E-state index in [1.165, 1.54) is 0 Å². The van der Waals surface area contributed by atoms with Crippen LogP contribution in [0.15, 0.2) is 116 Å². The van der Waals surface area contributed by atoms with Gasteiger partial charge >= 0.3 is 41.5 Å². The Morgan fingerprint density at radius 1 is 0.551 bits per heavy atom. The minimum Gasteiger partial charge on any atom is -0.503 e. The topological polar surface area (TPSA) is 75.0 Å². The van der Waals surface area contributed by atoms with Crippen molar-refractivity contribution in [3.8, 4) is 51.5 Å². The van der Waals surface area contributed by atoms with E-state index in [0.29, 0.717) is 28.9 Å². The number of aromatic nitrogens is 5. The van der Waals surface area contributed by atoms with Gasteiger partial charge in [-0.1, -0.05) is 47.4 Å². The first-order chi connectivity index (χ1) is 23.1. The van der Waals surface area contributed by atoms with Gasteiger partial charge in [0, 0.05) is 47.3 Å². The molecule has 8 rings (SSSR count). The van der Waals surface area contributed by atoms with Gasteiger partial charge in [-0.25, -0.2) is 9.97 Å². The molecule has 0 N–H and O–H groups in total. The maximum Gasteiger partial charge on any atom is 2.00 e. The van der Waals surface area contributed by atoms with E-state index in [-0.39, 0.29) is 41.5 Å². The van der Waals surface area contributed by atoms with Gasteiger partial charge < -0.3 is 24.0 Å². The van der Waals surface area contributed by atoms with Gasteiger partial charge in [0.25, 0.3) is 0 Å². The van der Waals surface area contributed by atoms with Gasteiger partial charge in [-0.15, -0.1) is 71.8 Å². The number of rotatable bonds is 7. The summed E-state index contributed by atoms with van der Waals surface area (Å²) in [4.78, 5) is 18.4. The molecule has 0 fully saturated rings. The van der Waals surface area contributed by atoms with Crippen LogP contribution in [0.1, 0.15) is 11.3 Å². The minimum absolute atomic E-state index is 0. The Morgan fingerprint density at radius 3 is 1.53 bits per heavy atom. The van der Waals surface area contributed by atoms with Crippen LogP contribution in [0.4, 0.5) is 0 Å². The van der Waals surface area contributed by atoms with E-state index in [1.807, 2.05) is 122 Å². The summed E-state index contributed by atoms with van der Waals surface area (Å²) < 4.78 is 14.5. The van der Waals surface area contributed by atoms with Crippen LogP contribution in [-0.2, 0) is 41.5 Å². The molecule has 49 heavy (non-hydrogen) atoms. The van der Waals surface area contributed by atoms with Crippen molar-refractivity contribution in [1.29, 1.82) is 0 Å². The quantitative estimate of drug-likeness (QED) is 0.117. The van der Waals surface area contributed by atoms with Crippen LogP contribution in [0.2, 0.25) is 0 Å². The van der Waals surface area contributed by atoms with E-state index in [9.17, 15) is 0 Å². The number of hydrogen-bond donors (Lipinski definition) is 0. The monoisotopic (exact) mass is 908 g/mol. The van der Waals surface area contributed by atoms with Crippen molar-refractivity contribution in [3.63, 3.8) is 0 Å². The van der Waals surface area contributed by atoms with Gasteiger partial charge in [-0.05, 0) is 42.9 Å². The summed E-state index contributed by atoms with van der Waals surface area (Å²) in [5.74, 6) is 2.66. The fourth-order valence-electron chi connectivity index (χ4n) is 5.36. The molecule has 9 heteroatoms. The normalized spacial score (nSPS) is 10.7. The number of nitrogens with zero attached hydrogens (tertiary/aromatic N) is 5. The number of ether oxygens (including phenoxy) is 2. The van der Waals surface area contributed by atoms with Gasteiger partial charge in [0.2, 0.25) is 5.95 Å². The second-order valence-electron chi connectivity index (χ2n) is 10.9. The molecule has 4 heterocycles. The van der Waals surface area contributed by atoms with Crippen LogP contribution in [-0.4, -0.2) is 24.5 Å². The van der Waals surface area contributed by atoms with Gasteiger partial charge in [0.15, 0.2) is 0 Å². The molecule has 8 aromatic rings. The molecule has 0 saturated carbocycles. The van der Waals surface area contributed by atoms with E-state index in [2.05, 4.69) is 34.2 Å². The van der Waals surface area contributed by atoms with Crippen LogP contribution < -0.4 is 9.47 Å². The van der Waals surface area contributed by atoms with E-state index in [4.69, 9.17) is 19.4 Å². The Balaban J connectivity index is 0.00000208. The molecule has 4 aromatic carbocycles. The number of hydrogen-bond acceptors (Lipinski definition) is 6.